The largest absolute Gasteiger partial charge is 0.384 e. The van der Waals surface area contributed by atoms with Gasteiger partial charge in [0.2, 0.25) is 0 Å². The Bertz CT molecular complexity index is 723. The molecule has 0 bridgehead atoms. The van der Waals surface area contributed by atoms with Crippen LogP contribution in [0.1, 0.15) is 36.5 Å². The predicted molar refractivity (Wildman–Crippen MR) is 99.2 cm³/mol. The van der Waals surface area contributed by atoms with E-state index in [2.05, 4.69) is 22.4 Å². The number of aliphatic imine (C=N–C) groups is 1. The molecule has 0 saturated carbocycles. The summed E-state index contributed by atoms with van der Waals surface area (Å²) in [6.45, 7) is 1.97. The first-order valence-electron chi connectivity index (χ1n) is 8.52. The molecule has 0 fully saturated rings. The van der Waals surface area contributed by atoms with E-state index in [1.54, 1.807) is 6.92 Å². The smallest absolute Gasteiger partial charge is 0.193 e. The van der Waals surface area contributed by atoms with Gasteiger partial charge in [-0.25, -0.2) is 4.99 Å². The molecule has 24 heavy (non-hydrogen) atoms. The van der Waals surface area contributed by atoms with Gasteiger partial charge in [0.05, 0.1) is 6.54 Å². The van der Waals surface area contributed by atoms with Gasteiger partial charge in [-0.05, 0) is 55.4 Å². The number of hydrogen-bond acceptors (Lipinski definition) is 2. The molecule has 1 aliphatic carbocycles. The average molecular weight is 323 g/mol. The summed E-state index contributed by atoms with van der Waals surface area (Å²) < 4.78 is 0. The number of nitrogens with two attached hydrogens (primary N) is 1. The van der Waals surface area contributed by atoms with Crippen LogP contribution in [0.25, 0.3) is 0 Å². The van der Waals surface area contributed by atoms with E-state index in [0.29, 0.717) is 5.96 Å². The Morgan fingerprint density at radius 1 is 1.12 bits per heavy atom. The molecule has 0 spiro atoms. The van der Waals surface area contributed by atoms with E-state index in [4.69, 9.17) is 5.73 Å². The van der Waals surface area contributed by atoms with Crippen LogP contribution in [0.4, 0.5) is 5.69 Å². The minimum atomic E-state index is -1.04. The predicted octanol–water partition coefficient (Wildman–Crippen LogP) is 3.20. The van der Waals surface area contributed by atoms with E-state index in [1.165, 1.54) is 24.0 Å². The highest BCUT2D eigenvalue weighted by molar-refractivity contribution is 5.93. The average Bonchev–Trinajstić information content (AvgIpc) is 2.61. The van der Waals surface area contributed by atoms with Crippen LogP contribution in [0.15, 0.2) is 53.5 Å². The number of fused-ring (bicyclic) bond motifs is 1. The Morgan fingerprint density at radius 3 is 2.67 bits per heavy atom. The van der Waals surface area contributed by atoms with Crippen molar-refractivity contribution >= 4 is 11.6 Å². The third-order valence-electron chi connectivity index (χ3n) is 4.61. The second-order valence-electron chi connectivity index (χ2n) is 6.62. The summed E-state index contributed by atoms with van der Waals surface area (Å²) in [4.78, 5) is 4.35. The van der Waals surface area contributed by atoms with E-state index in [0.717, 1.165) is 24.1 Å². The molecule has 2 aromatic carbocycles. The summed E-state index contributed by atoms with van der Waals surface area (Å²) in [7, 11) is 0. The number of hydrogen-bond donors (Lipinski definition) is 3. The van der Waals surface area contributed by atoms with Crippen molar-refractivity contribution in [2.75, 3.05) is 11.9 Å². The molecular weight excluding hydrogens is 298 g/mol. The van der Waals surface area contributed by atoms with Crippen LogP contribution in [-0.4, -0.2) is 17.6 Å². The lowest BCUT2D eigenvalue weighted by molar-refractivity contribution is 0.0674. The number of rotatable bonds is 4. The summed E-state index contributed by atoms with van der Waals surface area (Å²) in [5.74, 6) is 0.338. The van der Waals surface area contributed by atoms with Crippen LogP contribution in [0, 0.1) is 0 Å². The number of benzene rings is 2. The van der Waals surface area contributed by atoms with Crippen molar-refractivity contribution in [1.82, 2.24) is 0 Å². The first kappa shape index (κ1) is 16.5. The fourth-order valence-electron chi connectivity index (χ4n) is 3.20. The van der Waals surface area contributed by atoms with Gasteiger partial charge in [0, 0.05) is 5.69 Å². The van der Waals surface area contributed by atoms with E-state index in [-0.39, 0.29) is 6.54 Å². The van der Waals surface area contributed by atoms with Crippen molar-refractivity contribution in [2.45, 2.75) is 38.2 Å². The second kappa shape index (κ2) is 7.05. The first-order chi connectivity index (χ1) is 11.6. The molecule has 4 N–H and O–H groups in total. The van der Waals surface area contributed by atoms with Gasteiger partial charge in [0.1, 0.15) is 5.60 Å². The maximum atomic E-state index is 10.6. The highest BCUT2D eigenvalue weighted by Crippen LogP contribution is 2.27. The zero-order chi connectivity index (χ0) is 17.0. The lowest BCUT2D eigenvalue weighted by Crippen LogP contribution is -2.30. The maximum absolute atomic E-state index is 10.6. The Kier molecular flexibility index (Phi) is 4.86. The van der Waals surface area contributed by atoms with Crippen molar-refractivity contribution in [3.63, 3.8) is 0 Å². The van der Waals surface area contributed by atoms with Gasteiger partial charge < -0.3 is 16.2 Å². The molecule has 3 rings (SSSR count). The minimum absolute atomic E-state index is 0.213. The molecule has 0 aromatic heterocycles. The van der Waals surface area contributed by atoms with E-state index < -0.39 is 5.60 Å². The van der Waals surface area contributed by atoms with Gasteiger partial charge in [0.15, 0.2) is 5.96 Å². The molecule has 0 radical (unpaired) electrons. The van der Waals surface area contributed by atoms with Gasteiger partial charge >= 0.3 is 0 Å². The normalized spacial score (nSPS) is 17.0. The summed E-state index contributed by atoms with van der Waals surface area (Å²) in [5.41, 5.74) is 9.62. The fourth-order valence-corrected chi connectivity index (χ4v) is 3.20. The molecule has 1 unspecified atom stereocenters. The molecule has 2 aromatic rings. The summed E-state index contributed by atoms with van der Waals surface area (Å²) >= 11 is 0. The quantitative estimate of drug-likeness (QED) is 0.598. The third-order valence-corrected chi connectivity index (χ3v) is 4.61. The van der Waals surface area contributed by atoms with Crippen molar-refractivity contribution in [3.05, 3.63) is 65.2 Å². The van der Waals surface area contributed by atoms with Crippen LogP contribution in [-0.2, 0) is 18.4 Å². The van der Waals surface area contributed by atoms with Crippen molar-refractivity contribution < 1.29 is 5.11 Å². The lowest BCUT2D eigenvalue weighted by Gasteiger charge is -2.22. The number of guanidine groups is 1. The molecule has 126 valence electrons. The standard InChI is InChI=1S/C20H25N3O/c1-20(24,16-10-3-2-4-11-16)14-22-19(21)23-18-13-7-9-15-8-5-6-12-17(15)18/h2-4,7,9-11,13,24H,5-6,8,12,14H2,1H3,(H3,21,22,23). The van der Waals surface area contributed by atoms with Crippen molar-refractivity contribution in [1.29, 1.82) is 0 Å². The number of nitrogens with zero attached hydrogens (tertiary/aromatic N) is 1. The van der Waals surface area contributed by atoms with Crippen LogP contribution in [0.3, 0.4) is 0 Å². The van der Waals surface area contributed by atoms with Crippen LogP contribution < -0.4 is 11.1 Å². The van der Waals surface area contributed by atoms with Gasteiger partial charge in [0.25, 0.3) is 0 Å². The monoisotopic (exact) mass is 323 g/mol. The number of aliphatic hydroxyl groups is 1. The third kappa shape index (κ3) is 3.77. The van der Waals surface area contributed by atoms with E-state index >= 15 is 0 Å². The fraction of sp³-hybridized carbons (Fsp3) is 0.350. The number of nitrogens with one attached hydrogen (secondary N) is 1. The van der Waals surface area contributed by atoms with Crippen LogP contribution in [0.5, 0.6) is 0 Å². The van der Waals surface area contributed by atoms with E-state index in [9.17, 15) is 5.11 Å². The Balaban J connectivity index is 1.71. The molecule has 4 nitrogen and oxygen atoms in total. The second-order valence-corrected chi connectivity index (χ2v) is 6.62. The van der Waals surface area contributed by atoms with Gasteiger partial charge in [-0.3, -0.25) is 0 Å². The highest BCUT2D eigenvalue weighted by atomic mass is 16.3. The summed E-state index contributed by atoms with van der Waals surface area (Å²) in [5, 5.41) is 13.8. The topological polar surface area (TPSA) is 70.6 Å². The minimum Gasteiger partial charge on any atom is -0.384 e. The van der Waals surface area contributed by atoms with Crippen LogP contribution >= 0.6 is 0 Å². The summed E-state index contributed by atoms with van der Waals surface area (Å²) in [6.07, 6.45) is 4.67. The zero-order valence-corrected chi connectivity index (χ0v) is 14.1. The van der Waals surface area contributed by atoms with Crippen molar-refractivity contribution in [2.24, 2.45) is 10.7 Å². The highest BCUT2D eigenvalue weighted by Gasteiger charge is 2.22. The van der Waals surface area contributed by atoms with Crippen molar-refractivity contribution in [3.8, 4) is 0 Å². The molecule has 0 aliphatic heterocycles. The number of anilines is 1. The Labute approximate surface area is 143 Å². The molecule has 0 heterocycles. The zero-order valence-electron chi connectivity index (χ0n) is 14.1. The maximum Gasteiger partial charge on any atom is 0.193 e. The molecule has 1 aliphatic rings. The number of aryl methyl sites for hydroxylation is 1. The van der Waals surface area contributed by atoms with Gasteiger partial charge in [-0.2, -0.15) is 0 Å². The molecular formula is C20H25N3O. The van der Waals surface area contributed by atoms with E-state index in [1.807, 2.05) is 36.4 Å². The molecule has 0 amide bonds. The molecule has 1 atom stereocenters. The van der Waals surface area contributed by atoms with Gasteiger partial charge in [-0.15, -0.1) is 0 Å². The summed E-state index contributed by atoms with van der Waals surface area (Å²) in [6, 6.07) is 15.8. The lowest BCUT2D eigenvalue weighted by atomic mass is 9.90. The van der Waals surface area contributed by atoms with Crippen LogP contribution in [0.2, 0.25) is 0 Å². The molecule has 0 saturated heterocycles. The SMILES string of the molecule is CC(O)(CN=C(N)Nc1cccc2c1CCCC2)c1ccccc1. The molecule has 4 heteroatoms. The van der Waals surface area contributed by atoms with Gasteiger partial charge in [-0.1, -0.05) is 42.5 Å². The first-order valence-corrected chi connectivity index (χ1v) is 8.52. The Morgan fingerprint density at radius 2 is 1.88 bits per heavy atom. The Hall–Kier alpha value is -2.33.